The predicted molar refractivity (Wildman–Crippen MR) is 67.5 cm³/mol. The van der Waals surface area contributed by atoms with Crippen LogP contribution >= 0.6 is 24.0 Å². The summed E-state index contributed by atoms with van der Waals surface area (Å²) in [5.74, 6) is 0. The van der Waals surface area contributed by atoms with Crippen LogP contribution in [0.25, 0.3) is 0 Å². The van der Waals surface area contributed by atoms with E-state index in [9.17, 15) is 4.79 Å². The summed E-state index contributed by atoms with van der Waals surface area (Å²) in [6.07, 6.45) is 0. The van der Waals surface area contributed by atoms with Crippen LogP contribution in [0.3, 0.4) is 0 Å². The summed E-state index contributed by atoms with van der Waals surface area (Å²) >= 11 is 6.75. The largest absolute Gasteiger partial charge is 0.346 e. The molecule has 0 unspecified atom stereocenters. The van der Waals surface area contributed by atoms with Crippen LogP contribution < -0.4 is 0 Å². The van der Waals surface area contributed by atoms with E-state index >= 15 is 0 Å². The molecule has 0 N–H and O–H groups in total. The Bertz CT molecular complexity index is 447. The number of rotatable bonds is 2. The molecule has 0 saturated carbocycles. The predicted octanol–water partition coefficient (Wildman–Crippen LogP) is 1.98. The zero-order valence-corrected chi connectivity index (χ0v) is 11.7. The Labute approximate surface area is 104 Å². The van der Waals surface area contributed by atoms with E-state index in [1.165, 1.54) is 9.58 Å². The SMILES string of the molecule is CC(C)Sc1nn(C(=O)N(C)C)c(=S)n1C. The number of carbonyl (C=O) groups is 1. The molecule has 0 bridgehead atoms. The number of amides is 1. The van der Waals surface area contributed by atoms with Crippen molar-refractivity contribution in [2.75, 3.05) is 14.1 Å². The average Bonchev–Trinajstić information content (AvgIpc) is 2.44. The first-order valence-corrected chi connectivity index (χ1v) is 6.17. The van der Waals surface area contributed by atoms with E-state index in [2.05, 4.69) is 18.9 Å². The van der Waals surface area contributed by atoms with Gasteiger partial charge in [-0.3, -0.25) is 4.57 Å². The molecule has 0 aliphatic rings. The maximum Gasteiger partial charge on any atom is 0.346 e. The van der Waals surface area contributed by atoms with Crippen LogP contribution in [-0.2, 0) is 7.05 Å². The zero-order chi connectivity index (χ0) is 12.5. The fourth-order valence-electron chi connectivity index (χ4n) is 1.05. The summed E-state index contributed by atoms with van der Waals surface area (Å²) < 4.78 is 3.42. The van der Waals surface area contributed by atoms with Crippen LogP contribution in [0.1, 0.15) is 13.8 Å². The summed E-state index contributed by atoms with van der Waals surface area (Å²) in [6.45, 7) is 4.14. The minimum atomic E-state index is -0.226. The molecule has 0 atom stereocenters. The van der Waals surface area contributed by atoms with E-state index in [-0.39, 0.29) is 6.03 Å². The van der Waals surface area contributed by atoms with Crippen LogP contribution in [0.2, 0.25) is 0 Å². The monoisotopic (exact) mass is 260 g/mol. The number of aromatic nitrogens is 3. The summed E-state index contributed by atoms with van der Waals surface area (Å²) in [7, 11) is 5.17. The highest BCUT2D eigenvalue weighted by Crippen LogP contribution is 2.20. The lowest BCUT2D eigenvalue weighted by Crippen LogP contribution is -2.28. The van der Waals surface area contributed by atoms with Gasteiger partial charge in [0, 0.05) is 26.4 Å². The summed E-state index contributed by atoms with van der Waals surface area (Å²) in [6, 6.07) is -0.226. The van der Waals surface area contributed by atoms with Gasteiger partial charge in [0.05, 0.1) is 0 Å². The molecular weight excluding hydrogens is 244 g/mol. The molecule has 0 radical (unpaired) electrons. The van der Waals surface area contributed by atoms with Gasteiger partial charge in [0.25, 0.3) is 0 Å². The molecule has 90 valence electrons. The van der Waals surface area contributed by atoms with Gasteiger partial charge in [-0.05, 0) is 12.2 Å². The summed E-state index contributed by atoms with van der Waals surface area (Å²) in [5, 5.41) is 5.38. The first kappa shape index (κ1) is 13.2. The van der Waals surface area contributed by atoms with Gasteiger partial charge in [0.15, 0.2) is 5.16 Å². The van der Waals surface area contributed by atoms with Crippen LogP contribution in [0.5, 0.6) is 0 Å². The fourth-order valence-corrected chi connectivity index (χ4v) is 2.10. The van der Waals surface area contributed by atoms with Gasteiger partial charge in [0.1, 0.15) is 0 Å². The average molecular weight is 260 g/mol. The van der Waals surface area contributed by atoms with Crippen molar-refractivity contribution < 1.29 is 4.79 Å². The maximum atomic E-state index is 11.8. The normalized spacial score (nSPS) is 10.9. The third-order valence-electron chi connectivity index (χ3n) is 1.85. The van der Waals surface area contributed by atoms with Crippen molar-refractivity contribution in [3.63, 3.8) is 0 Å². The second-order valence-corrected chi connectivity index (χ2v) is 5.79. The molecule has 0 aromatic carbocycles. The molecule has 1 amide bonds. The molecule has 1 rings (SSSR count). The lowest BCUT2D eigenvalue weighted by atomic mass is 10.6. The first-order valence-electron chi connectivity index (χ1n) is 4.89. The van der Waals surface area contributed by atoms with Crippen molar-refractivity contribution in [3.8, 4) is 0 Å². The fraction of sp³-hybridized carbons (Fsp3) is 0.667. The Morgan fingerprint density at radius 3 is 2.50 bits per heavy atom. The Kier molecular flexibility index (Phi) is 4.15. The quantitative estimate of drug-likeness (QED) is 0.602. The van der Waals surface area contributed by atoms with Crippen LogP contribution in [0, 0.1) is 4.77 Å². The van der Waals surface area contributed by atoms with Gasteiger partial charge >= 0.3 is 6.03 Å². The van der Waals surface area contributed by atoms with Gasteiger partial charge in [0.2, 0.25) is 4.77 Å². The van der Waals surface area contributed by atoms with Crippen molar-refractivity contribution in [3.05, 3.63) is 4.77 Å². The molecular formula is C9H16N4OS2. The van der Waals surface area contributed by atoms with Gasteiger partial charge < -0.3 is 4.90 Å². The Hall–Kier alpha value is -0.820. The van der Waals surface area contributed by atoms with E-state index < -0.39 is 0 Å². The van der Waals surface area contributed by atoms with E-state index in [0.29, 0.717) is 10.0 Å². The smallest absolute Gasteiger partial charge is 0.329 e. The standard InChI is InChI=1S/C9H16N4OS2/c1-6(2)16-7-10-13(8(14)11(3)4)9(15)12(7)5/h6H,1-5H3. The third kappa shape index (κ3) is 2.65. The molecule has 0 fully saturated rings. The van der Waals surface area contributed by atoms with Crippen LogP contribution in [0.15, 0.2) is 5.16 Å². The Balaban J connectivity index is 3.15. The first-order chi connectivity index (χ1) is 7.34. The molecule has 0 saturated heterocycles. The highest BCUT2D eigenvalue weighted by molar-refractivity contribution is 7.99. The number of hydrogen-bond donors (Lipinski definition) is 0. The molecule has 1 aromatic heterocycles. The molecule has 0 spiro atoms. The number of nitrogens with zero attached hydrogens (tertiary/aromatic N) is 4. The lowest BCUT2D eigenvalue weighted by Gasteiger charge is -2.08. The second-order valence-electron chi connectivity index (χ2n) is 3.88. The number of carbonyl (C=O) groups excluding carboxylic acids is 1. The van der Waals surface area contributed by atoms with Crippen molar-refractivity contribution >= 4 is 30.0 Å². The molecule has 0 aliphatic heterocycles. The van der Waals surface area contributed by atoms with Gasteiger partial charge in [-0.2, -0.15) is 4.68 Å². The maximum absolute atomic E-state index is 11.8. The summed E-state index contributed by atoms with van der Waals surface area (Å²) in [5.41, 5.74) is 0. The molecule has 0 aliphatic carbocycles. The Morgan fingerprint density at radius 1 is 1.50 bits per heavy atom. The van der Waals surface area contributed by atoms with Gasteiger partial charge in [-0.25, -0.2) is 4.79 Å². The highest BCUT2D eigenvalue weighted by Gasteiger charge is 2.16. The lowest BCUT2D eigenvalue weighted by molar-refractivity contribution is 0.215. The van der Waals surface area contributed by atoms with Crippen molar-refractivity contribution in [1.29, 1.82) is 0 Å². The zero-order valence-electron chi connectivity index (χ0n) is 10.1. The topological polar surface area (TPSA) is 43.1 Å². The van der Waals surface area contributed by atoms with Gasteiger partial charge in [-0.15, -0.1) is 5.10 Å². The molecule has 7 heteroatoms. The van der Waals surface area contributed by atoms with Crippen molar-refractivity contribution in [2.24, 2.45) is 7.05 Å². The number of thioether (sulfide) groups is 1. The second kappa shape index (κ2) is 5.01. The van der Waals surface area contributed by atoms with Crippen molar-refractivity contribution in [2.45, 2.75) is 24.3 Å². The minimum Gasteiger partial charge on any atom is -0.329 e. The van der Waals surface area contributed by atoms with E-state index in [1.807, 2.05) is 7.05 Å². The third-order valence-corrected chi connectivity index (χ3v) is 3.33. The van der Waals surface area contributed by atoms with E-state index in [4.69, 9.17) is 12.2 Å². The molecule has 16 heavy (non-hydrogen) atoms. The Morgan fingerprint density at radius 2 is 2.06 bits per heavy atom. The molecule has 5 nitrogen and oxygen atoms in total. The highest BCUT2D eigenvalue weighted by atomic mass is 32.2. The van der Waals surface area contributed by atoms with Crippen LogP contribution in [-0.4, -0.2) is 44.6 Å². The van der Waals surface area contributed by atoms with E-state index in [0.717, 1.165) is 5.16 Å². The molecule has 1 heterocycles. The van der Waals surface area contributed by atoms with Gasteiger partial charge in [-0.1, -0.05) is 25.6 Å². The summed E-state index contributed by atoms with van der Waals surface area (Å²) in [4.78, 5) is 13.2. The van der Waals surface area contributed by atoms with Crippen molar-refractivity contribution in [1.82, 2.24) is 19.2 Å². The minimum absolute atomic E-state index is 0.226. The molecule has 1 aromatic rings. The van der Waals surface area contributed by atoms with Crippen LogP contribution in [0.4, 0.5) is 4.79 Å². The number of hydrogen-bond acceptors (Lipinski definition) is 4. The van der Waals surface area contributed by atoms with E-state index in [1.54, 1.807) is 30.4 Å².